The molecule has 1 fully saturated rings. The monoisotopic (exact) mass is 311 g/mol. The van der Waals surface area contributed by atoms with Crippen molar-refractivity contribution < 1.29 is 9.18 Å². The molecule has 0 heterocycles. The van der Waals surface area contributed by atoms with Gasteiger partial charge in [-0.05, 0) is 48.3 Å². The van der Waals surface area contributed by atoms with Gasteiger partial charge in [-0.15, -0.1) is 0 Å². The van der Waals surface area contributed by atoms with Crippen LogP contribution in [-0.2, 0) is 11.2 Å². The van der Waals surface area contributed by atoms with Gasteiger partial charge in [0, 0.05) is 13.0 Å². The van der Waals surface area contributed by atoms with E-state index in [9.17, 15) is 9.18 Å². The van der Waals surface area contributed by atoms with Gasteiger partial charge < -0.3 is 5.32 Å². The molecule has 0 radical (unpaired) electrons. The Morgan fingerprint density at radius 3 is 2.48 bits per heavy atom. The van der Waals surface area contributed by atoms with Crippen molar-refractivity contribution in [3.63, 3.8) is 0 Å². The lowest BCUT2D eigenvalue weighted by molar-refractivity contribution is -0.121. The Morgan fingerprint density at radius 1 is 1.09 bits per heavy atom. The van der Waals surface area contributed by atoms with E-state index in [0.29, 0.717) is 36.8 Å². The molecule has 0 spiro atoms. The van der Waals surface area contributed by atoms with Crippen molar-refractivity contribution in [1.29, 1.82) is 0 Å². The van der Waals surface area contributed by atoms with Gasteiger partial charge in [0.15, 0.2) is 0 Å². The number of rotatable bonds is 7. The van der Waals surface area contributed by atoms with Crippen molar-refractivity contribution in [1.82, 2.24) is 5.32 Å². The highest BCUT2D eigenvalue weighted by Crippen LogP contribution is 2.44. The lowest BCUT2D eigenvalue weighted by Crippen LogP contribution is -2.27. The van der Waals surface area contributed by atoms with Crippen LogP contribution in [0.4, 0.5) is 4.39 Å². The largest absolute Gasteiger partial charge is 0.356 e. The Morgan fingerprint density at radius 2 is 1.78 bits per heavy atom. The van der Waals surface area contributed by atoms with E-state index < -0.39 is 0 Å². The first-order valence-electron chi connectivity index (χ1n) is 8.29. The Bertz CT molecular complexity index is 652. The summed E-state index contributed by atoms with van der Waals surface area (Å²) in [6.07, 6.45) is 3.47. The zero-order chi connectivity index (χ0) is 16.1. The molecule has 0 aromatic heterocycles. The molecule has 0 saturated heterocycles. The molecule has 3 rings (SSSR count). The van der Waals surface area contributed by atoms with Crippen LogP contribution in [0.5, 0.6) is 0 Å². The highest BCUT2D eigenvalue weighted by Gasteiger charge is 2.33. The zero-order valence-corrected chi connectivity index (χ0v) is 13.2. The summed E-state index contributed by atoms with van der Waals surface area (Å²) in [5.41, 5.74) is 1.90. The second-order valence-electron chi connectivity index (χ2n) is 6.25. The normalized spacial score (nSPS) is 15.2. The van der Waals surface area contributed by atoms with E-state index >= 15 is 0 Å². The summed E-state index contributed by atoms with van der Waals surface area (Å²) < 4.78 is 13.5. The van der Waals surface area contributed by atoms with E-state index in [4.69, 9.17) is 0 Å². The molecule has 1 aliphatic rings. The van der Waals surface area contributed by atoms with Crippen molar-refractivity contribution in [3.8, 4) is 0 Å². The molecule has 1 aliphatic carbocycles. The number of benzene rings is 2. The molecule has 1 N–H and O–H groups in total. The van der Waals surface area contributed by atoms with Crippen LogP contribution >= 0.6 is 0 Å². The zero-order valence-electron chi connectivity index (χ0n) is 13.2. The van der Waals surface area contributed by atoms with Crippen LogP contribution in [0.2, 0.25) is 0 Å². The average molecular weight is 311 g/mol. The minimum atomic E-state index is -0.207. The summed E-state index contributed by atoms with van der Waals surface area (Å²) in [5, 5.41) is 2.94. The molecule has 3 heteroatoms. The fourth-order valence-electron chi connectivity index (χ4n) is 3.07. The van der Waals surface area contributed by atoms with E-state index in [-0.39, 0.29) is 11.7 Å². The van der Waals surface area contributed by atoms with Gasteiger partial charge >= 0.3 is 0 Å². The van der Waals surface area contributed by atoms with Gasteiger partial charge in [0.25, 0.3) is 0 Å². The number of carbonyl (C=O) groups is 1. The first kappa shape index (κ1) is 15.7. The summed E-state index contributed by atoms with van der Waals surface area (Å²) in [6.45, 7) is 0.478. The van der Waals surface area contributed by atoms with Gasteiger partial charge in [-0.1, -0.05) is 48.5 Å². The lowest BCUT2D eigenvalue weighted by Gasteiger charge is -2.16. The molecular weight excluding hydrogens is 289 g/mol. The first-order valence-corrected chi connectivity index (χ1v) is 8.29. The second-order valence-corrected chi connectivity index (χ2v) is 6.25. The predicted octanol–water partition coefficient (Wildman–Crippen LogP) is 4.07. The van der Waals surface area contributed by atoms with Crippen LogP contribution in [-0.4, -0.2) is 12.5 Å². The Kier molecular flexibility index (Phi) is 5.06. The highest BCUT2D eigenvalue weighted by molar-refractivity contribution is 5.77. The van der Waals surface area contributed by atoms with Crippen molar-refractivity contribution in [2.45, 2.75) is 31.6 Å². The minimum Gasteiger partial charge on any atom is -0.356 e. The maximum atomic E-state index is 13.5. The Balaban J connectivity index is 1.51. The third-order valence-electron chi connectivity index (χ3n) is 4.50. The topological polar surface area (TPSA) is 29.1 Å². The van der Waals surface area contributed by atoms with Crippen LogP contribution < -0.4 is 5.32 Å². The molecule has 120 valence electrons. The van der Waals surface area contributed by atoms with Crippen LogP contribution in [0.25, 0.3) is 0 Å². The molecule has 23 heavy (non-hydrogen) atoms. The lowest BCUT2D eigenvalue weighted by atomic mass is 9.91. The first-order chi connectivity index (χ1) is 11.2. The average Bonchev–Trinajstić information content (AvgIpc) is 3.40. The fourth-order valence-corrected chi connectivity index (χ4v) is 3.07. The standard InChI is InChI=1S/C20H22FNO/c21-19-9-5-4-8-17(19)12-13-22-20(23)14-18(16-10-11-16)15-6-2-1-3-7-15/h1-9,16,18H,10-14H2,(H,22,23). The van der Waals surface area contributed by atoms with Crippen LogP contribution in [0.15, 0.2) is 54.6 Å². The van der Waals surface area contributed by atoms with Crippen molar-refractivity contribution in [2.75, 3.05) is 6.54 Å². The SMILES string of the molecule is O=C(CC(c1ccccc1)C1CC1)NCCc1ccccc1F. The van der Waals surface area contributed by atoms with E-state index in [1.807, 2.05) is 24.3 Å². The summed E-state index contributed by atoms with van der Waals surface area (Å²) in [4.78, 5) is 12.2. The Labute approximate surface area is 136 Å². The predicted molar refractivity (Wildman–Crippen MR) is 89.6 cm³/mol. The molecule has 1 unspecified atom stereocenters. The summed E-state index contributed by atoms with van der Waals surface area (Å²) >= 11 is 0. The molecular formula is C20H22FNO. The van der Waals surface area contributed by atoms with Gasteiger partial charge in [0.2, 0.25) is 5.91 Å². The highest BCUT2D eigenvalue weighted by atomic mass is 19.1. The molecule has 2 aromatic carbocycles. The molecule has 1 amide bonds. The molecule has 0 aliphatic heterocycles. The number of carbonyl (C=O) groups excluding carboxylic acids is 1. The second kappa shape index (κ2) is 7.40. The summed E-state index contributed by atoms with van der Waals surface area (Å²) in [7, 11) is 0. The summed E-state index contributed by atoms with van der Waals surface area (Å²) in [6, 6.07) is 17.0. The van der Waals surface area contributed by atoms with Gasteiger partial charge in [0.1, 0.15) is 5.82 Å². The van der Waals surface area contributed by atoms with Gasteiger partial charge in [-0.25, -0.2) is 4.39 Å². The molecule has 2 aromatic rings. The van der Waals surface area contributed by atoms with Gasteiger partial charge in [-0.3, -0.25) is 4.79 Å². The fraction of sp³-hybridized carbons (Fsp3) is 0.350. The number of hydrogen-bond acceptors (Lipinski definition) is 1. The quantitative estimate of drug-likeness (QED) is 0.820. The van der Waals surface area contributed by atoms with Crippen LogP contribution in [0.1, 0.15) is 36.3 Å². The number of amides is 1. The van der Waals surface area contributed by atoms with Crippen molar-refractivity contribution in [3.05, 3.63) is 71.5 Å². The Hall–Kier alpha value is -2.16. The number of halogens is 1. The molecule has 2 nitrogen and oxygen atoms in total. The van der Waals surface area contributed by atoms with Gasteiger partial charge in [-0.2, -0.15) is 0 Å². The van der Waals surface area contributed by atoms with Crippen LogP contribution in [0.3, 0.4) is 0 Å². The third kappa shape index (κ3) is 4.41. The maximum Gasteiger partial charge on any atom is 0.220 e. The molecule has 0 bridgehead atoms. The van der Waals surface area contributed by atoms with Crippen LogP contribution in [0, 0.1) is 11.7 Å². The number of hydrogen-bond donors (Lipinski definition) is 1. The summed E-state index contributed by atoms with van der Waals surface area (Å²) in [5.74, 6) is 0.795. The van der Waals surface area contributed by atoms with E-state index in [1.54, 1.807) is 12.1 Å². The smallest absolute Gasteiger partial charge is 0.220 e. The molecule has 1 atom stereocenters. The van der Waals surface area contributed by atoms with E-state index in [2.05, 4.69) is 17.4 Å². The van der Waals surface area contributed by atoms with Crippen molar-refractivity contribution in [2.24, 2.45) is 5.92 Å². The third-order valence-corrected chi connectivity index (χ3v) is 4.50. The van der Waals surface area contributed by atoms with E-state index in [0.717, 1.165) is 0 Å². The van der Waals surface area contributed by atoms with Crippen molar-refractivity contribution >= 4 is 5.91 Å². The van der Waals surface area contributed by atoms with Gasteiger partial charge in [0.05, 0.1) is 0 Å². The minimum absolute atomic E-state index is 0.0575. The van der Waals surface area contributed by atoms with E-state index in [1.165, 1.54) is 24.5 Å². The maximum absolute atomic E-state index is 13.5. The number of nitrogens with one attached hydrogen (secondary N) is 1. The molecule has 1 saturated carbocycles.